The van der Waals surface area contributed by atoms with Crippen molar-refractivity contribution in [2.45, 2.75) is 31.7 Å². The smallest absolute Gasteiger partial charge is 0.262 e. The zero-order chi connectivity index (χ0) is 24.9. The maximum Gasteiger partial charge on any atom is 0.262 e. The average Bonchev–Trinajstić information content (AvgIpc) is 2.78. The van der Waals surface area contributed by atoms with E-state index in [1.54, 1.807) is 63.2 Å². The summed E-state index contributed by atoms with van der Waals surface area (Å²) in [6.07, 6.45) is 0. The zero-order valence-corrected chi connectivity index (χ0v) is 20.5. The van der Waals surface area contributed by atoms with E-state index in [1.807, 2.05) is 0 Å². The van der Waals surface area contributed by atoms with Crippen molar-refractivity contribution < 1.29 is 22.7 Å². The van der Waals surface area contributed by atoms with Crippen molar-refractivity contribution in [2.75, 3.05) is 11.9 Å². The van der Waals surface area contributed by atoms with E-state index >= 15 is 0 Å². The summed E-state index contributed by atoms with van der Waals surface area (Å²) >= 11 is 6.08. The van der Waals surface area contributed by atoms with Crippen LogP contribution in [0.15, 0.2) is 71.6 Å². The zero-order valence-electron chi connectivity index (χ0n) is 19.0. The number of carbonyl (C=O) groups is 2. The Labute approximate surface area is 204 Å². The summed E-state index contributed by atoms with van der Waals surface area (Å²) in [5, 5.41) is 3.05. The molecule has 0 bridgehead atoms. The third-order valence-corrected chi connectivity index (χ3v) is 6.63. The molecule has 3 aromatic rings. The fourth-order valence-electron chi connectivity index (χ4n) is 3.22. The van der Waals surface area contributed by atoms with Gasteiger partial charge in [0.15, 0.2) is 12.4 Å². The van der Waals surface area contributed by atoms with Gasteiger partial charge in [0.25, 0.3) is 5.91 Å². The fourth-order valence-corrected chi connectivity index (χ4v) is 4.73. The summed E-state index contributed by atoms with van der Waals surface area (Å²) in [4.78, 5) is 25.6. The highest BCUT2D eigenvalue weighted by Crippen LogP contribution is 2.25. The maximum absolute atomic E-state index is 12.9. The third kappa shape index (κ3) is 6.44. The molecule has 3 rings (SSSR count). The van der Waals surface area contributed by atoms with Crippen molar-refractivity contribution in [3.05, 3.63) is 88.4 Å². The first-order chi connectivity index (χ1) is 16.1. The highest BCUT2D eigenvalue weighted by molar-refractivity contribution is 7.89. The molecule has 0 unspecified atom stereocenters. The second kappa shape index (κ2) is 10.8. The molecule has 0 saturated carbocycles. The van der Waals surface area contributed by atoms with E-state index in [0.29, 0.717) is 27.6 Å². The van der Waals surface area contributed by atoms with Gasteiger partial charge in [-0.15, -0.1) is 0 Å². The number of sulfonamides is 1. The molecule has 34 heavy (non-hydrogen) atoms. The molecule has 0 aliphatic carbocycles. The Kier molecular flexibility index (Phi) is 8.09. The molecule has 0 aliphatic heterocycles. The molecule has 0 spiro atoms. The Morgan fingerprint density at radius 1 is 1.00 bits per heavy atom. The molecule has 7 nitrogen and oxygen atoms in total. The van der Waals surface area contributed by atoms with Gasteiger partial charge in [-0.3, -0.25) is 9.59 Å². The van der Waals surface area contributed by atoms with E-state index in [4.69, 9.17) is 16.3 Å². The predicted molar refractivity (Wildman–Crippen MR) is 132 cm³/mol. The molecule has 1 amide bonds. The van der Waals surface area contributed by atoms with Crippen LogP contribution in [0.5, 0.6) is 5.75 Å². The second-order valence-electron chi connectivity index (χ2n) is 7.93. The number of carbonyl (C=O) groups excluding carboxylic acids is 2. The molecule has 3 aromatic carbocycles. The highest BCUT2D eigenvalue weighted by Gasteiger charge is 2.18. The molecule has 0 heterocycles. The molecule has 0 aliphatic rings. The lowest BCUT2D eigenvalue weighted by Gasteiger charge is -2.14. The van der Waals surface area contributed by atoms with E-state index in [1.165, 1.54) is 24.3 Å². The number of ketones is 1. The Morgan fingerprint density at radius 2 is 1.71 bits per heavy atom. The van der Waals surface area contributed by atoms with E-state index in [9.17, 15) is 18.0 Å². The van der Waals surface area contributed by atoms with Crippen molar-refractivity contribution >= 4 is 39.0 Å². The van der Waals surface area contributed by atoms with Crippen LogP contribution in [-0.4, -0.2) is 32.8 Å². The largest absolute Gasteiger partial charge is 0.483 e. The van der Waals surface area contributed by atoms with Crippen LogP contribution in [0.1, 0.15) is 35.3 Å². The van der Waals surface area contributed by atoms with Gasteiger partial charge < -0.3 is 10.1 Å². The lowest BCUT2D eigenvalue weighted by Crippen LogP contribution is -2.30. The fraction of sp³-hybridized carbons (Fsp3) is 0.200. The van der Waals surface area contributed by atoms with Crippen LogP contribution in [0.25, 0.3) is 0 Å². The van der Waals surface area contributed by atoms with Crippen molar-refractivity contribution in [1.82, 2.24) is 4.72 Å². The minimum absolute atomic E-state index is 0.112. The third-order valence-electron chi connectivity index (χ3n) is 4.74. The number of hydrogen-bond donors (Lipinski definition) is 2. The van der Waals surface area contributed by atoms with Gasteiger partial charge in [0.05, 0.1) is 10.6 Å². The Hall–Kier alpha value is -3.20. The molecule has 0 radical (unpaired) electrons. The van der Waals surface area contributed by atoms with Crippen molar-refractivity contribution in [2.24, 2.45) is 0 Å². The van der Waals surface area contributed by atoms with E-state index in [2.05, 4.69) is 10.0 Å². The summed E-state index contributed by atoms with van der Waals surface area (Å²) in [5.41, 5.74) is 1.60. The summed E-state index contributed by atoms with van der Waals surface area (Å²) < 4.78 is 32.8. The molecule has 9 heteroatoms. The molecule has 0 atom stereocenters. The Balaban J connectivity index is 1.71. The Bertz CT molecular complexity index is 1310. The van der Waals surface area contributed by atoms with Crippen LogP contribution in [0.4, 0.5) is 5.69 Å². The SMILES string of the molecule is Cc1cc(S(=O)(=O)NC(C)C)ccc1OCC(=O)Nc1ccc(Cl)cc1C(=O)c1ccccc1. The van der Waals surface area contributed by atoms with Gasteiger partial charge in [-0.2, -0.15) is 0 Å². The second-order valence-corrected chi connectivity index (χ2v) is 10.1. The van der Waals surface area contributed by atoms with Crippen molar-refractivity contribution in [3.63, 3.8) is 0 Å². The number of halogens is 1. The standard InChI is InChI=1S/C25H25ClN2O5S/c1-16(2)28-34(31,32)20-10-12-23(17(3)13-20)33-15-24(29)27-22-11-9-19(26)14-21(22)25(30)18-7-5-4-6-8-18/h4-14,16,28H,15H2,1-3H3,(H,27,29). The topological polar surface area (TPSA) is 102 Å². The number of anilines is 1. The number of benzene rings is 3. The van der Waals surface area contributed by atoms with Gasteiger partial charge in [0, 0.05) is 22.2 Å². The molecular weight excluding hydrogens is 476 g/mol. The minimum Gasteiger partial charge on any atom is -0.483 e. The molecule has 2 N–H and O–H groups in total. The van der Waals surface area contributed by atoms with Crippen LogP contribution in [0, 0.1) is 6.92 Å². The van der Waals surface area contributed by atoms with Crippen molar-refractivity contribution in [1.29, 1.82) is 0 Å². The monoisotopic (exact) mass is 500 g/mol. The summed E-state index contributed by atoms with van der Waals surface area (Å²) in [7, 11) is -3.64. The average molecular weight is 501 g/mol. The molecule has 0 saturated heterocycles. The summed E-state index contributed by atoms with van der Waals surface area (Å²) in [6, 6.07) is 17.5. The molecule has 0 fully saturated rings. The highest BCUT2D eigenvalue weighted by atomic mass is 35.5. The maximum atomic E-state index is 12.9. The molecular formula is C25H25ClN2O5S. The predicted octanol–water partition coefficient (Wildman–Crippen LogP) is 4.58. The number of rotatable bonds is 9. The first-order valence-corrected chi connectivity index (χ1v) is 12.4. The normalized spacial score (nSPS) is 11.3. The van der Waals surface area contributed by atoms with Gasteiger partial charge in [-0.05, 0) is 62.7 Å². The van der Waals surface area contributed by atoms with Crippen LogP contribution in [-0.2, 0) is 14.8 Å². The number of ether oxygens (including phenoxy) is 1. The van der Waals surface area contributed by atoms with Crippen LogP contribution < -0.4 is 14.8 Å². The lowest BCUT2D eigenvalue weighted by atomic mass is 10.0. The van der Waals surface area contributed by atoms with Gasteiger partial charge in [0.1, 0.15) is 5.75 Å². The number of amides is 1. The van der Waals surface area contributed by atoms with Gasteiger partial charge in [-0.1, -0.05) is 41.9 Å². The van der Waals surface area contributed by atoms with Crippen LogP contribution in [0.2, 0.25) is 5.02 Å². The summed E-state index contributed by atoms with van der Waals surface area (Å²) in [6.45, 7) is 4.83. The van der Waals surface area contributed by atoms with Crippen LogP contribution >= 0.6 is 11.6 Å². The first kappa shape index (κ1) is 25.4. The summed E-state index contributed by atoms with van der Waals surface area (Å²) in [5.74, 6) is -0.390. The van der Waals surface area contributed by atoms with Crippen LogP contribution in [0.3, 0.4) is 0 Å². The van der Waals surface area contributed by atoms with Crippen molar-refractivity contribution in [3.8, 4) is 5.75 Å². The van der Waals surface area contributed by atoms with E-state index in [0.717, 1.165) is 0 Å². The van der Waals surface area contributed by atoms with Gasteiger partial charge >= 0.3 is 0 Å². The molecule has 178 valence electrons. The number of nitrogens with one attached hydrogen (secondary N) is 2. The van der Waals surface area contributed by atoms with E-state index in [-0.39, 0.29) is 28.9 Å². The number of hydrogen-bond acceptors (Lipinski definition) is 5. The minimum atomic E-state index is -3.64. The lowest BCUT2D eigenvalue weighted by molar-refractivity contribution is -0.118. The quantitative estimate of drug-likeness (QED) is 0.419. The Morgan fingerprint density at radius 3 is 2.35 bits per heavy atom. The van der Waals surface area contributed by atoms with Gasteiger partial charge in [0.2, 0.25) is 10.0 Å². The van der Waals surface area contributed by atoms with E-state index < -0.39 is 15.9 Å². The first-order valence-electron chi connectivity index (χ1n) is 10.5. The van der Waals surface area contributed by atoms with Gasteiger partial charge in [-0.25, -0.2) is 13.1 Å². The number of aryl methyl sites for hydroxylation is 1. The molecule has 0 aromatic heterocycles.